The summed E-state index contributed by atoms with van der Waals surface area (Å²) in [5.41, 5.74) is 5.61. The van der Waals surface area contributed by atoms with Gasteiger partial charge in [-0.05, 0) is 36.3 Å². The second-order valence-electron chi connectivity index (χ2n) is 6.27. The van der Waals surface area contributed by atoms with Gasteiger partial charge >= 0.3 is 0 Å². The molecule has 158 valence electrons. The summed E-state index contributed by atoms with van der Waals surface area (Å²) in [5.74, 6) is -0.696. The van der Waals surface area contributed by atoms with Crippen LogP contribution >= 0.6 is 0 Å². The third-order valence-corrected chi connectivity index (χ3v) is 3.84. The Kier molecular flexibility index (Phi) is 8.43. The molecule has 0 saturated carbocycles. The van der Waals surface area contributed by atoms with E-state index >= 15 is 0 Å². The van der Waals surface area contributed by atoms with E-state index in [0.29, 0.717) is 18.1 Å². The largest absolute Gasteiger partial charge is 0.493 e. The summed E-state index contributed by atoms with van der Waals surface area (Å²) < 4.78 is 10.8. The number of ether oxygens (including phenoxy) is 2. The van der Waals surface area contributed by atoms with E-state index in [1.54, 1.807) is 36.4 Å². The summed E-state index contributed by atoms with van der Waals surface area (Å²) in [7, 11) is 1.48. The minimum Gasteiger partial charge on any atom is -0.493 e. The molecule has 0 aromatic heterocycles. The van der Waals surface area contributed by atoms with E-state index < -0.39 is 17.7 Å². The summed E-state index contributed by atoms with van der Waals surface area (Å²) in [5, 5.41) is 2.46. The molecule has 0 unspecified atom stereocenters. The van der Waals surface area contributed by atoms with Crippen molar-refractivity contribution in [3.8, 4) is 11.5 Å². The SMILES string of the molecule is CCCOc1ccc(C(=O)NNC(=O)/C(=C/c2ccccc2)NC(C)=O)cc1OC. The highest BCUT2D eigenvalue weighted by molar-refractivity contribution is 6.03. The minimum absolute atomic E-state index is 0.00473. The molecule has 2 aromatic rings. The third kappa shape index (κ3) is 6.66. The normalized spacial score (nSPS) is 10.7. The fraction of sp³-hybridized carbons (Fsp3) is 0.227. The molecule has 0 radical (unpaired) electrons. The Balaban J connectivity index is 2.08. The average Bonchev–Trinajstić information content (AvgIpc) is 2.75. The first-order valence-electron chi connectivity index (χ1n) is 9.40. The number of rotatable bonds is 8. The number of methoxy groups -OCH3 is 1. The lowest BCUT2D eigenvalue weighted by molar-refractivity contribution is -0.122. The number of benzene rings is 2. The summed E-state index contributed by atoms with van der Waals surface area (Å²) in [4.78, 5) is 36.3. The van der Waals surface area contributed by atoms with E-state index in [1.807, 2.05) is 13.0 Å². The highest BCUT2D eigenvalue weighted by atomic mass is 16.5. The molecule has 2 aromatic carbocycles. The standard InChI is InChI=1S/C22H25N3O5/c1-4-12-30-19-11-10-17(14-20(19)29-3)21(27)24-25-22(28)18(23-15(2)26)13-16-8-6-5-7-9-16/h5-11,13-14H,4,12H2,1-3H3,(H,23,26)(H,24,27)(H,25,28)/b18-13-. The van der Waals surface area contributed by atoms with Crippen molar-refractivity contribution in [3.63, 3.8) is 0 Å². The van der Waals surface area contributed by atoms with Crippen molar-refractivity contribution in [3.05, 3.63) is 65.4 Å². The van der Waals surface area contributed by atoms with Crippen LogP contribution in [-0.4, -0.2) is 31.4 Å². The van der Waals surface area contributed by atoms with Crippen LogP contribution in [0, 0.1) is 0 Å². The molecule has 0 spiro atoms. The van der Waals surface area contributed by atoms with Crippen LogP contribution in [0.25, 0.3) is 6.08 Å². The Morgan fingerprint density at radius 2 is 1.73 bits per heavy atom. The predicted octanol–water partition coefficient (Wildman–Crippen LogP) is 2.42. The maximum absolute atomic E-state index is 12.5. The molecule has 2 rings (SSSR count). The Morgan fingerprint density at radius 3 is 2.37 bits per heavy atom. The van der Waals surface area contributed by atoms with Crippen molar-refractivity contribution >= 4 is 23.8 Å². The first-order valence-corrected chi connectivity index (χ1v) is 9.40. The van der Waals surface area contributed by atoms with Crippen molar-refractivity contribution in [2.24, 2.45) is 0 Å². The zero-order chi connectivity index (χ0) is 21.9. The number of hydrazine groups is 1. The van der Waals surface area contributed by atoms with E-state index in [2.05, 4.69) is 16.2 Å². The molecule has 0 atom stereocenters. The highest BCUT2D eigenvalue weighted by Gasteiger charge is 2.15. The van der Waals surface area contributed by atoms with Gasteiger partial charge in [0.1, 0.15) is 5.70 Å². The van der Waals surface area contributed by atoms with E-state index in [1.165, 1.54) is 26.2 Å². The summed E-state index contributed by atoms with van der Waals surface area (Å²) in [6.07, 6.45) is 2.34. The van der Waals surface area contributed by atoms with Gasteiger partial charge in [0.25, 0.3) is 11.8 Å². The van der Waals surface area contributed by atoms with Crippen LogP contribution < -0.4 is 25.6 Å². The molecule has 0 fully saturated rings. The maximum Gasteiger partial charge on any atom is 0.286 e. The topological polar surface area (TPSA) is 106 Å². The molecule has 0 aliphatic rings. The Hall–Kier alpha value is -3.81. The fourth-order valence-corrected chi connectivity index (χ4v) is 2.46. The average molecular weight is 411 g/mol. The van der Waals surface area contributed by atoms with Gasteiger partial charge in [0, 0.05) is 12.5 Å². The molecular formula is C22H25N3O5. The molecule has 0 aliphatic carbocycles. The first-order chi connectivity index (χ1) is 14.4. The van der Waals surface area contributed by atoms with Crippen molar-refractivity contribution < 1.29 is 23.9 Å². The van der Waals surface area contributed by atoms with Gasteiger partial charge in [-0.25, -0.2) is 0 Å². The maximum atomic E-state index is 12.5. The number of hydrogen-bond donors (Lipinski definition) is 3. The van der Waals surface area contributed by atoms with Gasteiger partial charge in [0.15, 0.2) is 11.5 Å². The number of hydrogen-bond acceptors (Lipinski definition) is 5. The van der Waals surface area contributed by atoms with Gasteiger partial charge in [-0.3, -0.25) is 25.2 Å². The van der Waals surface area contributed by atoms with Crippen LogP contribution in [0.3, 0.4) is 0 Å². The lowest BCUT2D eigenvalue weighted by atomic mass is 10.2. The molecule has 8 heteroatoms. The smallest absolute Gasteiger partial charge is 0.286 e. The fourth-order valence-electron chi connectivity index (χ4n) is 2.46. The van der Waals surface area contributed by atoms with Crippen LogP contribution in [0.2, 0.25) is 0 Å². The number of amides is 3. The second kappa shape index (κ2) is 11.3. The van der Waals surface area contributed by atoms with Crippen molar-refractivity contribution in [2.45, 2.75) is 20.3 Å². The van der Waals surface area contributed by atoms with Crippen molar-refractivity contribution in [2.75, 3.05) is 13.7 Å². The summed E-state index contributed by atoms with van der Waals surface area (Å²) in [6.45, 7) is 3.80. The van der Waals surface area contributed by atoms with Gasteiger partial charge in [0.2, 0.25) is 5.91 Å². The number of carbonyl (C=O) groups is 3. The van der Waals surface area contributed by atoms with Crippen LogP contribution in [0.4, 0.5) is 0 Å². The molecule has 3 amide bonds. The van der Waals surface area contributed by atoms with E-state index in [4.69, 9.17) is 9.47 Å². The van der Waals surface area contributed by atoms with Gasteiger partial charge in [-0.1, -0.05) is 37.3 Å². The quantitative estimate of drug-likeness (QED) is 0.457. The van der Waals surface area contributed by atoms with Crippen molar-refractivity contribution in [1.82, 2.24) is 16.2 Å². The number of nitrogens with one attached hydrogen (secondary N) is 3. The number of carbonyl (C=O) groups excluding carboxylic acids is 3. The van der Waals surface area contributed by atoms with Crippen LogP contribution in [0.1, 0.15) is 36.2 Å². The zero-order valence-corrected chi connectivity index (χ0v) is 17.2. The lowest BCUT2D eigenvalue weighted by Gasteiger charge is -2.13. The van der Waals surface area contributed by atoms with E-state index in [9.17, 15) is 14.4 Å². The van der Waals surface area contributed by atoms with E-state index in [-0.39, 0.29) is 11.3 Å². The second-order valence-corrected chi connectivity index (χ2v) is 6.27. The Bertz CT molecular complexity index is 926. The third-order valence-electron chi connectivity index (χ3n) is 3.84. The Labute approximate surface area is 175 Å². The van der Waals surface area contributed by atoms with Gasteiger partial charge in [-0.15, -0.1) is 0 Å². The molecule has 8 nitrogen and oxygen atoms in total. The first kappa shape index (κ1) is 22.5. The van der Waals surface area contributed by atoms with Crippen LogP contribution in [0.5, 0.6) is 11.5 Å². The zero-order valence-electron chi connectivity index (χ0n) is 17.2. The minimum atomic E-state index is -0.669. The summed E-state index contributed by atoms with van der Waals surface area (Å²) >= 11 is 0. The molecule has 30 heavy (non-hydrogen) atoms. The molecular weight excluding hydrogens is 386 g/mol. The van der Waals surface area contributed by atoms with Gasteiger partial charge in [0.05, 0.1) is 13.7 Å². The summed E-state index contributed by atoms with van der Waals surface area (Å²) in [6, 6.07) is 13.7. The monoisotopic (exact) mass is 411 g/mol. The lowest BCUT2D eigenvalue weighted by Crippen LogP contribution is -2.45. The molecule has 0 saturated heterocycles. The molecule has 0 bridgehead atoms. The van der Waals surface area contributed by atoms with Crippen LogP contribution in [-0.2, 0) is 9.59 Å². The van der Waals surface area contributed by atoms with Crippen molar-refractivity contribution in [1.29, 1.82) is 0 Å². The Morgan fingerprint density at radius 1 is 1.00 bits per heavy atom. The van der Waals surface area contributed by atoms with Crippen LogP contribution in [0.15, 0.2) is 54.2 Å². The van der Waals surface area contributed by atoms with Gasteiger partial charge < -0.3 is 14.8 Å². The van der Waals surface area contributed by atoms with E-state index in [0.717, 1.165) is 12.0 Å². The molecule has 3 N–H and O–H groups in total. The molecule has 0 aliphatic heterocycles. The predicted molar refractivity (Wildman–Crippen MR) is 113 cm³/mol. The van der Waals surface area contributed by atoms with Gasteiger partial charge in [-0.2, -0.15) is 0 Å². The highest BCUT2D eigenvalue weighted by Crippen LogP contribution is 2.28. The molecule has 0 heterocycles.